The fourth-order valence-electron chi connectivity index (χ4n) is 14.9. The van der Waals surface area contributed by atoms with Crippen LogP contribution in [0.3, 0.4) is 0 Å². The first-order chi connectivity index (χ1) is 31.4. The second-order valence-electron chi connectivity index (χ2n) is 21.3. The Morgan fingerprint density at radius 2 is 0.641 bits per heavy atom. The lowest BCUT2D eigenvalue weighted by molar-refractivity contribution is -0.00530. The normalized spacial score (nSPS) is 28.3. The highest BCUT2D eigenvalue weighted by molar-refractivity contribution is 5.76. The number of nitriles is 1. The highest BCUT2D eigenvalue weighted by atomic mass is 15.0. The van der Waals surface area contributed by atoms with Crippen molar-refractivity contribution in [2.24, 2.45) is 35.5 Å². The third-order valence-corrected chi connectivity index (χ3v) is 17.1. The Hall–Kier alpha value is -6.18. The zero-order valence-electron chi connectivity index (χ0n) is 36.6. The topological polar surface area (TPSA) is 62.5 Å². The highest BCUT2D eigenvalue weighted by Crippen LogP contribution is 2.62. The van der Waals surface area contributed by atoms with Crippen LogP contribution in [0.1, 0.15) is 93.7 Å². The molecule has 1 heterocycles. The van der Waals surface area contributed by atoms with Crippen molar-refractivity contribution in [1.82, 2.24) is 15.0 Å². The summed E-state index contributed by atoms with van der Waals surface area (Å²) in [5.41, 5.74) is 14.4. The minimum atomic E-state index is 0.391. The molecule has 4 nitrogen and oxygen atoms in total. The fraction of sp³-hybridized carbons (Fsp3) is 0.333. The van der Waals surface area contributed by atoms with E-state index in [9.17, 15) is 5.26 Å². The molecule has 0 N–H and O–H groups in total. The summed E-state index contributed by atoms with van der Waals surface area (Å²) >= 11 is 0. The van der Waals surface area contributed by atoms with Crippen LogP contribution in [0.4, 0.5) is 0 Å². The molecule has 8 aliphatic carbocycles. The third kappa shape index (κ3) is 6.74. The van der Waals surface area contributed by atoms with Gasteiger partial charge in [-0.15, -0.1) is 0 Å². The van der Waals surface area contributed by atoms with Gasteiger partial charge in [0.2, 0.25) is 0 Å². The van der Waals surface area contributed by atoms with E-state index in [0.29, 0.717) is 33.9 Å². The maximum Gasteiger partial charge on any atom is 0.164 e. The number of benzene rings is 6. The van der Waals surface area contributed by atoms with Gasteiger partial charge in [0.25, 0.3) is 0 Å². The Labute approximate surface area is 377 Å². The Morgan fingerprint density at radius 3 is 1.02 bits per heavy atom. The Kier molecular flexibility index (Phi) is 8.95. The first-order valence-corrected chi connectivity index (χ1v) is 24.2. The van der Waals surface area contributed by atoms with Gasteiger partial charge in [0.15, 0.2) is 17.5 Å². The molecule has 6 aromatic carbocycles. The summed E-state index contributed by atoms with van der Waals surface area (Å²) < 4.78 is 0. The molecule has 8 aliphatic rings. The quantitative estimate of drug-likeness (QED) is 0.153. The van der Waals surface area contributed by atoms with Gasteiger partial charge in [0.05, 0.1) is 11.6 Å². The van der Waals surface area contributed by atoms with Crippen LogP contribution in [0.15, 0.2) is 146 Å². The number of aromatic nitrogens is 3. The van der Waals surface area contributed by atoms with Gasteiger partial charge >= 0.3 is 0 Å². The van der Waals surface area contributed by atoms with Gasteiger partial charge in [0.1, 0.15) is 0 Å². The SMILES string of the molecule is N#Cc1ccc(-c2ccc(-c3nc(-c4cccc(-c5ccc(C67CC8CC(CC(C8)C6)C7)cc5)c4)nc(-c4cccc(-c5ccc(C67CC8CC(CC(C8)C6)C7)cc5)c4)n3)cc2)cc1. The maximum absolute atomic E-state index is 9.33. The highest BCUT2D eigenvalue weighted by Gasteiger charge is 2.52. The molecule has 0 aliphatic heterocycles. The minimum absolute atomic E-state index is 0.391. The second kappa shape index (κ2) is 15.0. The Balaban J connectivity index is 0.839. The van der Waals surface area contributed by atoms with Crippen LogP contribution in [-0.2, 0) is 10.8 Å². The van der Waals surface area contributed by atoms with Gasteiger partial charge in [-0.2, -0.15) is 5.26 Å². The molecular weight excluding hydrogens is 777 g/mol. The van der Waals surface area contributed by atoms with Gasteiger partial charge in [0, 0.05) is 16.7 Å². The van der Waals surface area contributed by atoms with Crippen LogP contribution in [0.2, 0.25) is 0 Å². The number of nitrogens with zero attached hydrogens (tertiary/aromatic N) is 4. The standard InChI is InChI=1S/C60H54N4/c61-37-38-7-9-45(10-8-38)46-11-13-49(14-12-46)56-62-57(52-5-1-3-50(29-52)47-15-19-54(20-16-47)59-31-39-23-40(32-59)25-41(24-39)33-59)64-58(63-56)53-6-2-4-51(30-53)48-17-21-55(22-18-48)60-34-42-26-43(35-60)28-44(27-42)36-60/h1-22,29-30,39-44H,23-28,31-36H2. The summed E-state index contributed by atoms with van der Waals surface area (Å²) in [5.74, 6) is 7.56. The lowest BCUT2D eigenvalue weighted by Crippen LogP contribution is -2.48. The van der Waals surface area contributed by atoms with E-state index in [1.54, 1.807) is 11.1 Å². The summed E-state index contributed by atoms with van der Waals surface area (Å²) in [6.07, 6.45) is 17.1. The van der Waals surface area contributed by atoms with E-state index >= 15 is 0 Å². The third-order valence-electron chi connectivity index (χ3n) is 17.1. The molecular formula is C60H54N4. The average molecular weight is 831 g/mol. The lowest BCUT2D eigenvalue weighted by atomic mass is 9.48. The van der Waals surface area contributed by atoms with E-state index in [4.69, 9.17) is 15.0 Å². The zero-order valence-corrected chi connectivity index (χ0v) is 36.6. The average Bonchev–Trinajstić information content (AvgIpc) is 3.33. The van der Waals surface area contributed by atoms with Gasteiger partial charge in [-0.3, -0.25) is 0 Å². The molecule has 8 bridgehead atoms. The summed E-state index contributed by atoms with van der Waals surface area (Å²) in [4.78, 5) is 15.6. The van der Waals surface area contributed by atoms with Crippen LogP contribution >= 0.6 is 0 Å². The molecule has 0 amide bonds. The van der Waals surface area contributed by atoms with Crippen molar-refractivity contribution in [2.45, 2.75) is 87.9 Å². The second-order valence-corrected chi connectivity index (χ2v) is 21.3. The van der Waals surface area contributed by atoms with Crippen LogP contribution in [0.25, 0.3) is 67.5 Å². The molecule has 0 atom stereocenters. The van der Waals surface area contributed by atoms with Crippen LogP contribution in [0.5, 0.6) is 0 Å². The number of hydrogen-bond donors (Lipinski definition) is 0. The summed E-state index contributed by atoms with van der Waals surface area (Å²) in [6.45, 7) is 0. The van der Waals surface area contributed by atoms with Crippen molar-refractivity contribution < 1.29 is 0 Å². The van der Waals surface area contributed by atoms with Crippen molar-refractivity contribution in [1.29, 1.82) is 5.26 Å². The van der Waals surface area contributed by atoms with Crippen LogP contribution in [-0.4, -0.2) is 15.0 Å². The Morgan fingerprint density at radius 1 is 0.344 bits per heavy atom. The molecule has 8 saturated carbocycles. The van der Waals surface area contributed by atoms with Gasteiger partial charge in [-0.1, -0.05) is 121 Å². The predicted octanol–water partition coefficient (Wildman–Crippen LogP) is 14.7. The minimum Gasteiger partial charge on any atom is -0.208 e. The first-order valence-electron chi connectivity index (χ1n) is 24.2. The van der Waals surface area contributed by atoms with E-state index in [2.05, 4.69) is 127 Å². The molecule has 314 valence electrons. The van der Waals surface area contributed by atoms with E-state index in [1.807, 2.05) is 24.3 Å². The molecule has 4 heteroatoms. The molecule has 0 unspecified atom stereocenters. The lowest BCUT2D eigenvalue weighted by Gasteiger charge is -2.57. The van der Waals surface area contributed by atoms with Crippen molar-refractivity contribution in [3.8, 4) is 73.6 Å². The zero-order chi connectivity index (χ0) is 42.4. The van der Waals surface area contributed by atoms with E-state index < -0.39 is 0 Å². The smallest absolute Gasteiger partial charge is 0.164 e. The van der Waals surface area contributed by atoms with Crippen molar-refractivity contribution in [3.05, 3.63) is 162 Å². The Bertz CT molecular complexity index is 2720. The van der Waals surface area contributed by atoms with Gasteiger partial charge < -0.3 is 0 Å². The van der Waals surface area contributed by atoms with Crippen molar-refractivity contribution in [2.75, 3.05) is 0 Å². The molecule has 8 fully saturated rings. The molecule has 64 heavy (non-hydrogen) atoms. The van der Waals surface area contributed by atoms with Crippen molar-refractivity contribution in [3.63, 3.8) is 0 Å². The van der Waals surface area contributed by atoms with Gasteiger partial charge in [-0.05, 0) is 192 Å². The largest absolute Gasteiger partial charge is 0.208 e. The van der Waals surface area contributed by atoms with Gasteiger partial charge in [-0.25, -0.2) is 15.0 Å². The molecule has 0 radical (unpaired) electrons. The van der Waals surface area contributed by atoms with E-state index in [-0.39, 0.29) is 0 Å². The number of rotatable bonds is 8. The fourth-order valence-corrected chi connectivity index (χ4v) is 14.9. The summed E-state index contributed by atoms with van der Waals surface area (Å²) in [7, 11) is 0. The van der Waals surface area contributed by atoms with Crippen LogP contribution < -0.4 is 0 Å². The molecule has 7 aromatic rings. The molecule has 1 aromatic heterocycles. The van der Waals surface area contributed by atoms with Crippen LogP contribution in [0, 0.1) is 46.8 Å². The monoisotopic (exact) mass is 830 g/mol. The van der Waals surface area contributed by atoms with E-state index in [1.165, 1.54) is 99.3 Å². The van der Waals surface area contributed by atoms with E-state index in [0.717, 1.165) is 63.3 Å². The van der Waals surface area contributed by atoms with Crippen molar-refractivity contribution >= 4 is 0 Å². The molecule has 0 spiro atoms. The molecule has 0 saturated heterocycles. The number of hydrogen-bond acceptors (Lipinski definition) is 4. The summed E-state index contributed by atoms with van der Waals surface area (Å²) in [5, 5.41) is 9.33. The first kappa shape index (κ1) is 38.3. The summed E-state index contributed by atoms with van der Waals surface area (Å²) in [6, 6.07) is 55.0. The molecule has 15 rings (SSSR count). The predicted molar refractivity (Wildman–Crippen MR) is 257 cm³/mol. The maximum atomic E-state index is 9.33.